The number of thiocarbonyl (C=S) groups is 1. The maximum absolute atomic E-state index is 11.7. The van der Waals surface area contributed by atoms with Crippen molar-refractivity contribution in [1.82, 2.24) is 19.9 Å². The zero-order chi connectivity index (χ0) is 17.7. The Balaban J connectivity index is 1.85. The highest BCUT2D eigenvalue weighted by molar-refractivity contribution is 7.89. The summed E-state index contributed by atoms with van der Waals surface area (Å²) in [5, 5.41) is 10.7. The molecule has 0 amide bonds. The van der Waals surface area contributed by atoms with Crippen molar-refractivity contribution in [2.45, 2.75) is 18.7 Å². The second kappa shape index (κ2) is 7.60. The first-order valence-corrected chi connectivity index (χ1v) is 9.06. The second-order valence-electron chi connectivity index (χ2n) is 5.04. The van der Waals surface area contributed by atoms with Crippen LogP contribution >= 0.6 is 12.2 Å². The highest BCUT2D eigenvalue weighted by Crippen LogP contribution is 2.13. The van der Waals surface area contributed by atoms with Gasteiger partial charge in [-0.25, -0.2) is 13.1 Å². The Labute approximate surface area is 146 Å². The summed E-state index contributed by atoms with van der Waals surface area (Å²) in [6.07, 6.45) is 0. The first-order valence-electron chi connectivity index (χ1n) is 7.17. The lowest BCUT2D eigenvalue weighted by molar-refractivity contribution is 0.588. The number of sulfonamides is 1. The van der Waals surface area contributed by atoms with E-state index >= 15 is 0 Å². The summed E-state index contributed by atoms with van der Waals surface area (Å²) in [6.45, 7) is 4.26. The minimum absolute atomic E-state index is 0.195. The van der Waals surface area contributed by atoms with Crippen LogP contribution in [0, 0.1) is 13.8 Å². The van der Waals surface area contributed by atoms with Crippen molar-refractivity contribution in [1.29, 1.82) is 0 Å². The first-order chi connectivity index (χ1) is 11.3. The molecule has 0 unspecified atom stereocenters. The van der Waals surface area contributed by atoms with Crippen molar-refractivity contribution < 1.29 is 8.42 Å². The fraction of sp³-hybridized carbons (Fsp3) is 0.286. The second-order valence-corrected chi connectivity index (χ2v) is 7.33. The van der Waals surface area contributed by atoms with Crippen LogP contribution in [0.1, 0.15) is 11.4 Å². The summed E-state index contributed by atoms with van der Waals surface area (Å²) < 4.78 is 25.6. The van der Waals surface area contributed by atoms with Gasteiger partial charge in [0.1, 0.15) is 6.67 Å². The quantitative estimate of drug-likeness (QED) is 0.444. The highest BCUT2D eigenvalue weighted by Gasteiger charge is 2.10. The van der Waals surface area contributed by atoms with Crippen LogP contribution < -0.4 is 20.8 Å². The van der Waals surface area contributed by atoms with Crippen LogP contribution in [0.2, 0.25) is 0 Å². The van der Waals surface area contributed by atoms with Crippen molar-refractivity contribution >= 4 is 33.0 Å². The monoisotopic (exact) mass is 368 g/mol. The molecule has 0 spiro atoms. The largest absolute Gasteiger partial charge is 0.344 e. The third-order valence-corrected chi connectivity index (χ3v) is 4.86. The number of aromatic nitrogens is 2. The van der Waals surface area contributed by atoms with Gasteiger partial charge in [0.2, 0.25) is 10.0 Å². The van der Waals surface area contributed by atoms with Crippen LogP contribution in [0.15, 0.2) is 35.2 Å². The Morgan fingerprint density at radius 3 is 2.46 bits per heavy atom. The number of anilines is 1. The molecule has 130 valence electrons. The van der Waals surface area contributed by atoms with E-state index in [1.807, 2.05) is 19.9 Å². The normalized spacial score (nSPS) is 11.1. The van der Waals surface area contributed by atoms with E-state index in [0.717, 1.165) is 11.4 Å². The van der Waals surface area contributed by atoms with Crippen molar-refractivity contribution in [2.75, 3.05) is 24.5 Å². The zero-order valence-electron chi connectivity index (χ0n) is 13.6. The molecule has 2 rings (SSSR count). The van der Waals surface area contributed by atoms with Crippen LogP contribution in [0.3, 0.4) is 0 Å². The van der Waals surface area contributed by atoms with Crippen molar-refractivity contribution in [2.24, 2.45) is 0 Å². The van der Waals surface area contributed by atoms with E-state index in [-0.39, 0.29) is 4.90 Å². The van der Waals surface area contributed by atoms with Gasteiger partial charge in [0.05, 0.1) is 16.3 Å². The third-order valence-electron chi connectivity index (χ3n) is 3.18. The van der Waals surface area contributed by atoms with Gasteiger partial charge in [-0.1, -0.05) is 0 Å². The van der Waals surface area contributed by atoms with Gasteiger partial charge in [-0.15, -0.1) is 0 Å². The predicted molar refractivity (Wildman–Crippen MR) is 98.0 cm³/mol. The Bertz CT molecular complexity index is 814. The number of rotatable bonds is 6. The van der Waals surface area contributed by atoms with Gasteiger partial charge < -0.3 is 10.6 Å². The van der Waals surface area contributed by atoms with Gasteiger partial charge in [0.15, 0.2) is 5.11 Å². The molecule has 1 aromatic heterocycles. The average Bonchev–Trinajstić information content (AvgIpc) is 2.85. The van der Waals surface area contributed by atoms with Crippen LogP contribution in [-0.2, 0) is 10.0 Å². The van der Waals surface area contributed by atoms with E-state index in [4.69, 9.17) is 12.2 Å². The summed E-state index contributed by atoms with van der Waals surface area (Å²) in [6, 6.07) is 8.26. The molecule has 2 aromatic rings. The summed E-state index contributed by atoms with van der Waals surface area (Å²) in [5.41, 5.74) is 5.68. The smallest absolute Gasteiger partial charge is 0.240 e. The summed E-state index contributed by atoms with van der Waals surface area (Å²) in [5.74, 6) is 0. The Hall–Kier alpha value is -2.17. The molecule has 0 radical (unpaired) electrons. The molecule has 8 nitrogen and oxygen atoms in total. The minimum Gasteiger partial charge on any atom is -0.344 e. The van der Waals surface area contributed by atoms with E-state index in [9.17, 15) is 8.42 Å². The molecule has 0 fully saturated rings. The molecule has 4 N–H and O–H groups in total. The predicted octanol–water partition coefficient (Wildman–Crippen LogP) is 0.896. The fourth-order valence-electron chi connectivity index (χ4n) is 1.99. The molecule has 24 heavy (non-hydrogen) atoms. The molecule has 0 aliphatic heterocycles. The van der Waals surface area contributed by atoms with Gasteiger partial charge >= 0.3 is 0 Å². The third kappa shape index (κ3) is 4.66. The van der Waals surface area contributed by atoms with Crippen LogP contribution in [0.5, 0.6) is 0 Å². The highest BCUT2D eigenvalue weighted by atomic mass is 32.2. The molecule has 0 saturated carbocycles. The van der Waals surface area contributed by atoms with E-state index in [1.165, 1.54) is 19.2 Å². The van der Waals surface area contributed by atoms with E-state index in [1.54, 1.807) is 16.9 Å². The van der Waals surface area contributed by atoms with Gasteiger partial charge in [-0.05, 0) is 63.4 Å². The molecular formula is C14H20N6O2S2. The first kappa shape index (κ1) is 18.2. The Morgan fingerprint density at radius 2 is 1.92 bits per heavy atom. The zero-order valence-corrected chi connectivity index (χ0v) is 15.3. The van der Waals surface area contributed by atoms with Gasteiger partial charge in [-0.3, -0.25) is 5.43 Å². The number of hydrogen-bond acceptors (Lipinski definition) is 5. The number of nitrogens with one attached hydrogen (secondary N) is 4. The lowest BCUT2D eigenvalue weighted by Crippen LogP contribution is -2.36. The SMILES string of the molecule is CNS(=O)(=O)c1ccc(NC(=S)NCNn2nc(C)cc2C)cc1. The van der Waals surface area contributed by atoms with Gasteiger partial charge in [0, 0.05) is 5.69 Å². The van der Waals surface area contributed by atoms with Crippen molar-refractivity contribution in [3.63, 3.8) is 0 Å². The maximum Gasteiger partial charge on any atom is 0.240 e. The lowest BCUT2D eigenvalue weighted by atomic mass is 10.3. The fourth-order valence-corrected chi connectivity index (χ4v) is 2.91. The van der Waals surface area contributed by atoms with E-state index < -0.39 is 10.0 Å². The molecule has 10 heteroatoms. The Kier molecular flexibility index (Phi) is 5.75. The number of aryl methyl sites for hydroxylation is 2. The van der Waals surface area contributed by atoms with E-state index in [0.29, 0.717) is 17.5 Å². The molecule has 1 heterocycles. The van der Waals surface area contributed by atoms with Crippen LogP contribution in [0.4, 0.5) is 5.69 Å². The van der Waals surface area contributed by atoms with Gasteiger partial charge in [-0.2, -0.15) is 9.89 Å². The Morgan fingerprint density at radius 1 is 1.25 bits per heavy atom. The van der Waals surface area contributed by atoms with Crippen LogP contribution in [0.25, 0.3) is 0 Å². The lowest BCUT2D eigenvalue weighted by Gasteiger charge is -2.13. The van der Waals surface area contributed by atoms with Crippen LogP contribution in [-0.4, -0.2) is 37.1 Å². The minimum atomic E-state index is -3.44. The summed E-state index contributed by atoms with van der Waals surface area (Å²) >= 11 is 5.20. The molecule has 0 atom stereocenters. The average molecular weight is 368 g/mol. The molecule has 0 saturated heterocycles. The molecular weight excluding hydrogens is 348 g/mol. The standard InChI is InChI=1S/C14H20N6O2S2/c1-10-8-11(2)20(19-10)17-9-16-14(23)18-12-4-6-13(7-5-12)24(21,22)15-3/h4-8,15,17H,9H2,1-3H3,(H2,16,18,23). The maximum atomic E-state index is 11.7. The molecule has 0 aliphatic carbocycles. The number of nitrogens with zero attached hydrogens (tertiary/aromatic N) is 2. The van der Waals surface area contributed by atoms with E-state index in [2.05, 4.69) is 25.9 Å². The topological polar surface area (TPSA) is 100 Å². The molecule has 0 aliphatic rings. The summed E-state index contributed by atoms with van der Waals surface area (Å²) in [7, 11) is -2.06. The number of hydrogen-bond donors (Lipinski definition) is 4. The van der Waals surface area contributed by atoms with Crippen molar-refractivity contribution in [3.8, 4) is 0 Å². The molecule has 0 bridgehead atoms. The number of benzene rings is 1. The molecule has 1 aromatic carbocycles. The van der Waals surface area contributed by atoms with Gasteiger partial charge in [0.25, 0.3) is 0 Å². The van der Waals surface area contributed by atoms with Crippen molar-refractivity contribution in [3.05, 3.63) is 41.7 Å². The summed E-state index contributed by atoms with van der Waals surface area (Å²) in [4.78, 5) is 1.86.